The van der Waals surface area contributed by atoms with Gasteiger partial charge in [0.2, 0.25) is 0 Å². The molecule has 0 aromatic heterocycles. The SMILES string of the molecule is CCc1cccc(N(c2ccccc2)c2ccc(-c3cc(-c4ccc(N(c5ccccc5)c5cccc(CC)c5)cc4)cc(-c4ccc(N(c5ccccc5)c5cccc(CC)c5)cc4)c3)cc2)c1. The van der Waals surface area contributed by atoms with Gasteiger partial charge < -0.3 is 14.7 Å². The Bertz CT molecular complexity index is 2890. The Kier molecular flexibility index (Phi) is 13.3. The third kappa shape index (κ3) is 9.86. The number of rotatable bonds is 15. The molecule has 0 aliphatic heterocycles. The molecule has 336 valence electrons. The molecule has 10 rings (SSSR count). The lowest BCUT2D eigenvalue weighted by Crippen LogP contribution is -2.10. The summed E-state index contributed by atoms with van der Waals surface area (Å²) in [7, 11) is 0. The van der Waals surface area contributed by atoms with E-state index in [0.29, 0.717) is 0 Å². The van der Waals surface area contributed by atoms with E-state index in [1.165, 1.54) is 16.7 Å². The van der Waals surface area contributed by atoms with Crippen LogP contribution in [0, 0.1) is 0 Å². The molecule has 0 radical (unpaired) electrons. The van der Waals surface area contributed by atoms with E-state index < -0.39 is 0 Å². The highest BCUT2D eigenvalue weighted by Crippen LogP contribution is 2.41. The number of nitrogens with zero attached hydrogens (tertiary/aromatic N) is 3. The van der Waals surface area contributed by atoms with Crippen molar-refractivity contribution >= 4 is 51.2 Å². The van der Waals surface area contributed by atoms with Crippen molar-refractivity contribution in [1.29, 1.82) is 0 Å². The largest absolute Gasteiger partial charge is 0.310 e. The predicted octanol–water partition coefficient (Wildman–Crippen LogP) is 18.8. The second kappa shape index (κ2) is 20.6. The smallest absolute Gasteiger partial charge is 0.0464 e. The second-order valence-electron chi connectivity index (χ2n) is 17.5. The van der Waals surface area contributed by atoms with Gasteiger partial charge in [-0.05, 0) is 197 Å². The summed E-state index contributed by atoms with van der Waals surface area (Å²) in [5, 5.41) is 0. The van der Waals surface area contributed by atoms with E-state index in [4.69, 9.17) is 0 Å². The van der Waals surface area contributed by atoms with Crippen molar-refractivity contribution in [3.8, 4) is 33.4 Å². The maximum Gasteiger partial charge on any atom is 0.0464 e. The Morgan fingerprint density at radius 1 is 0.203 bits per heavy atom. The number of aryl methyl sites for hydroxylation is 3. The summed E-state index contributed by atoms with van der Waals surface area (Å²) in [6.07, 6.45) is 2.95. The molecule has 0 fully saturated rings. The van der Waals surface area contributed by atoms with Gasteiger partial charge >= 0.3 is 0 Å². The van der Waals surface area contributed by atoms with E-state index in [1.54, 1.807) is 0 Å². The van der Waals surface area contributed by atoms with Crippen molar-refractivity contribution in [2.45, 2.75) is 40.0 Å². The number of hydrogen-bond donors (Lipinski definition) is 0. The summed E-state index contributed by atoms with van der Waals surface area (Å²) >= 11 is 0. The minimum atomic E-state index is 0.982. The fourth-order valence-electron chi connectivity index (χ4n) is 9.36. The third-order valence-electron chi connectivity index (χ3n) is 13.1. The highest BCUT2D eigenvalue weighted by atomic mass is 15.2. The summed E-state index contributed by atoms with van der Waals surface area (Å²) in [5.41, 5.74) is 21.0. The van der Waals surface area contributed by atoms with Crippen LogP contribution in [-0.4, -0.2) is 0 Å². The van der Waals surface area contributed by atoms with Crippen LogP contribution in [-0.2, 0) is 19.3 Å². The number of hydrogen-bond acceptors (Lipinski definition) is 3. The lowest BCUT2D eigenvalue weighted by Gasteiger charge is -2.26. The monoisotopic (exact) mass is 891 g/mol. The van der Waals surface area contributed by atoms with Gasteiger partial charge in [-0.15, -0.1) is 0 Å². The first-order valence-corrected chi connectivity index (χ1v) is 24.3. The van der Waals surface area contributed by atoms with E-state index in [0.717, 1.165) is 104 Å². The van der Waals surface area contributed by atoms with Crippen molar-refractivity contribution in [2.75, 3.05) is 14.7 Å². The average Bonchev–Trinajstić information content (AvgIpc) is 3.42. The number of anilines is 9. The minimum Gasteiger partial charge on any atom is -0.310 e. The zero-order valence-corrected chi connectivity index (χ0v) is 39.7. The Labute approximate surface area is 408 Å². The number of para-hydroxylation sites is 3. The van der Waals surface area contributed by atoms with Crippen LogP contribution in [0.5, 0.6) is 0 Å². The van der Waals surface area contributed by atoms with Crippen molar-refractivity contribution in [2.24, 2.45) is 0 Å². The van der Waals surface area contributed by atoms with Crippen molar-refractivity contribution in [3.05, 3.63) is 271 Å². The van der Waals surface area contributed by atoms with Gasteiger partial charge in [-0.1, -0.05) is 148 Å². The van der Waals surface area contributed by atoms with Crippen LogP contribution >= 0.6 is 0 Å². The molecule has 0 atom stereocenters. The molecular formula is C66H57N3. The van der Waals surface area contributed by atoms with Gasteiger partial charge in [0.1, 0.15) is 0 Å². The summed E-state index contributed by atoms with van der Waals surface area (Å²) in [6, 6.07) is 92.8. The molecule has 0 bridgehead atoms. The Hall–Kier alpha value is -8.40. The van der Waals surface area contributed by atoms with Gasteiger partial charge in [0.15, 0.2) is 0 Å². The van der Waals surface area contributed by atoms with Gasteiger partial charge in [0.25, 0.3) is 0 Å². The van der Waals surface area contributed by atoms with Gasteiger partial charge in [-0.2, -0.15) is 0 Å². The van der Waals surface area contributed by atoms with Gasteiger partial charge in [0.05, 0.1) is 0 Å². The Morgan fingerprint density at radius 2 is 0.435 bits per heavy atom. The zero-order chi connectivity index (χ0) is 46.9. The predicted molar refractivity (Wildman–Crippen MR) is 295 cm³/mol. The average molecular weight is 892 g/mol. The standard InChI is InChI=1S/C66H57N3/c1-4-49-19-16-28-64(43-49)67(58-22-10-7-11-23-58)61-37-31-52(32-38-61)55-46-56(53-33-39-62(40-34-53)68(59-24-12-8-13-25-59)65-29-17-20-50(5-2)44-65)48-57(47-55)54-35-41-63(42-36-54)69(60-26-14-9-15-27-60)66-30-18-21-51(6-3)45-66/h7-48H,4-6H2,1-3H3. The van der Waals surface area contributed by atoms with E-state index in [9.17, 15) is 0 Å². The molecule has 0 N–H and O–H groups in total. The third-order valence-corrected chi connectivity index (χ3v) is 13.1. The Morgan fingerprint density at radius 3 is 0.681 bits per heavy atom. The molecule has 0 saturated carbocycles. The maximum absolute atomic E-state index is 2.35. The van der Waals surface area contributed by atoms with Crippen LogP contribution in [0.15, 0.2) is 255 Å². The first-order valence-electron chi connectivity index (χ1n) is 24.3. The van der Waals surface area contributed by atoms with Crippen LogP contribution in [0.3, 0.4) is 0 Å². The number of benzene rings is 10. The summed E-state index contributed by atoms with van der Waals surface area (Å²) in [5.74, 6) is 0. The summed E-state index contributed by atoms with van der Waals surface area (Å²) in [4.78, 5) is 7.05. The van der Waals surface area contributed by atoms with Gasteiger partial charge in [-0.25, -0.2) is 0 Å². The Balaban J connectivity index is 1.06. The van der Waals surface area contributed by atoms with Crippen LogP contribution in [0.4, 0.5) is 51.2 Å². The fourth-order valence-corrected chi connectivity index (χ4v) is 9.36. The van der Waals surface area contributed by atoms with Crippen molar-refractivity contribution in [3.63, 3.8) is 0 Å². The van der Waals surface area contributed by atoms with Crippen LogP contribution < -0.4 is 14.7 Å². The van der Waals surface area contributed by atoms with Gasteiger partial charge in [-0.3, -0.25) is 0 Å². The van der Waals surface area contributed by atoms with Crippen molar-refractivity contribution in [1.82, 2.24) is 0 Å². The molecular weight excluding hydrogens is 835 g/mol. The summed E-state index contributed by atoms with van der Waals surface area (Å²) < 4.78 is 0. The molecule has 69 heavy (non-hydrogen) atoms. The lowest BCUT2D eigenvalue weighted by atomic mass is 9.93. The second-order valence-corrected chi connectivity index (χ2v) is 17.5. The van der Waals surface area contributed by atoms with Gasteiger partial charge in [0, 0.05) is 51.2 Å². The van der Waals surface area contributed by atoms with Crippen LogP contribution in [0.2, 0.25) is 0 Å². The normalized spacial score (nSPS) is 11.0. The summed E-state index contributed by atoms with van der Waals surface area (Å²) in [6.45, 7) is 6.64. The zero-order valence-electron chi connectivity index (χ0n) is 39.7. The molecule has 0 spiro atoms. The minimum absolute atomic E-state index is 0.982. The first-order chi connectivity index (χ1) is 34.0. The van der Waals surface area contributed by atoms with Crippen molar-refractivity contribution < 1.29 is 0 Å². The lowest BCUT2D eigenvalue weighted by molar-refractivity contribution is 1.13. The molecule has 0 heterocycles. The van der Waals surface area contributed by atoms with E-state index in [2.05, 4.69) is 290 Å². The molecule has 0 unspecified atom stereocenters. The molecule has 0 aliphatic rings. The first kappa shape index (κ1) is 44.4. The van der Waals surface area contributed by atoms with Crippen LogP contribution in [0.25, 0.3) is 33.4 Å². The molecule has 0 saturated heterocycles. The topological polar surface area (TPSA) is 9.72 Å². The van der Waals surface area contributed by atoms with E-state index in [-0.39, 0.29) is 0 Å². The maximum atomic E-state index is 2.35. The quantitative estimate of drug-likeness (QED) is 0.102. The molecule has 10 aromatic carbocycles. The molecule has 0 amide bonds. The van der Waals surface area contributed by atoms with E-state index >= 15 is 0 Å². The fraction of sp³-hybridized carbons (Fsp3) is 0.0909. The van der Waals surface area contributed by atoms with Crippen LogP contribution in [0.1, 0.15) is 37.5 Å². The molecule has 10 aromatic rings. The molecule has 3 nitrogen and oxygen atoms in total. The molecule has 3 heteroatoms. The highest BCUT2D eigenvalue weighted by Gasteiger charge is 2.18. The highest BCUT2D eigenvalue weighted by molar-refractivity contribution is 5.86. The van der Waals surface area contributed by atoms with E-state index in [1.807, 2.05) is 0 Å². The molecule has 0 aliphatic carbocycles.